The standard InChI is InChI=1S/C22H23N5O/c1-25-11-12-26(14-18-4-3-13-28-18)16-21(25)19-15-27-20(5-2-6-22(27)24-19)17-7-9-23-10-8-17/h2-10,13,15,21H,11-12,14,16H2,1H3. The zero-order valence-electron chi connectivity index (χ0n) is 15.9. The Labute approximate surface area is 164 Å². The summed E-state index contributed by atoms with van der Waals surface area (Å²) in [5.74, 6) is 1.01. The van der Waals surface area contributed by atoms with Gasteiger partial charge in [-0.05, 0) is 43.4 Å². The molecule has 28 heavy (non-hydrogen) atoms. The second-order valence-electron chi connectivity index (χ2n) is 7.35. The topological polar surface area (TPSA) is 49.8 Å². The molecule has 6 nitrogen and oxygen atoms in total. The lowest BCUT2D eigenvalue weighted by Gasteiger charge is -2.38. The van der Waals surface area contributed by atoms with Crippen molar-refractivity contribution in [3.05, 3.63) is 78.8 Å². The number of piperazine rings is 1. The average Bonchev–Trinajstić information content (AvgIpc) is 3.39. The van der Waals surface area contributed by atoms with Gasteiger partial charge in [0.2, 0.25) is 0 Å². The van der Waals surface area contributed by atoms with Crippen molar-refractivity contribution in [2.24, 2.45) is 0 Å². The first-order valence-electron chi connectivity index (χ1n) is 9.61. The van der Waals surface area contributed by atoms with Gasteiger partial charge >= 0.3 is 0 Å². The number of pyridine rings is 2. The minimum Gasteiger partial charge on any atom is -0.468 e. The van der Waals surface area contributed by atoms with E-state index >= 15 is 0 Å². The molecule has 1 aliphatic rings. The van der Waals surface area contributed by atoms with E-state index in [-0.39, 0.29) is 6.04 Å². The van der Waals surface area contributed by atoms with E-state index in [0.29, 0.717) is 0 Å². The second kappa shape index (κ2) is 7.22. The fraction of sp³-hybridized carbons (Fsp3) is 0.273. The predicted octanol–water partition coefficient (Wildman–Crippen LogP) is 3.48. The van der Waals surface area contributed by atoms with Crippen LogP contribution in [0.25, 0.3) is 16.9 Å². The highest BCUT2D eigenvalue weighted by atomic mass is 16.3. The molecular weight excluding hydrogens is 350 g/mol. The van der Waals surface area contributed by atoms with Gasteiger partial charge in [-0.25, -0.2) is 4.98 Å². The summed E-state index contributed by atoms with van der Waals surface area (Å²) in [6.07, 6.45) is 7.58. The Morgan fingerprint density at radius 1 is 1.07 bits per heavy atom. The molecule has 0 N–H and O–H groups in total. The van der Waals surface area contributed by atoms with E-state index in [1.807, 2.05) is 36.7 Å². The fourth-order valence-electron chi connectivity index (χ4n) is 3.96. The number of likely N-dealkylation sites (N-methyl/N-ethyl adjacent to an activating group) is 1. The molecule has 0 aromatic carbocycles. The molecule has 0 spiro atoms. The summed E-state index contributed by atoms with van der Waals surface area (Å²) in [5.41, 5.74) is 4.35. The highest BCUT2D eigenvalue weighted by molar-refractivity contribution is 5.63. The first kappa shape index (κ1) is 17.2. The van der Waals surface area contributed by atoms with Crippen LogP contribution in [0, 0.1) is 0 Å². The molecule has 1 saturated heterocycles. The van der Waals surface area contributed by atoms with Crippen LogP contribution < -0.4 is 0 Å². The minimum atomic E-state index is 0.258. The fourth-order valence-corrected chi connectivity index (χ4v) is 3.96. The van der Waals surface area contributed by atoms with Crippen molar-refractivity contribution in [2.45, 2.75) is 12.6 Å². The van der Waals surface area contributed by atoms with E-state index in [1.54, 1.807) is 6.26 Å². The largest absolute Gasteiger partial charge is 0.468 e. The third kappa shape index (κ3) is 3.21. The highest BCUT2D eigenvalue weighted by Crippen LogP contribution is 2.27. The van der Waals surface area contributed by atoms with Crippen molar-refractivity contribution in [2.75, 3.05) is 26.7 Å². The van der Waals surface area contributed by atoms with E-state index in [2.05, 4.69) is 50.6 Å². The number of nitrogens with zero attached hydrogens (tertiary/aromatic N) is 5. The molecule has 0 aliphatic carbocycles. The Hall–Kier alpha value is -2.96. The van der Waals surface area contributed by atoms with E-state index < -0.39 is 0 Å². The highest BCUT2D eigenvalue weighted by Gasteiger charge is 2.28. The second-order valence-corrected chi connectivity index (χ2v) is 7.35. The molecule has 5 heterocycles. The normalized spacial score (nSPS) is 18.7. The summed E-state index contributed by atoms with van der Waals surface area (Å²) in [6, 6.07) is 14.6. The number of hydrogen-bond acceptors (Lipinski definition) is 5. The number of imidazole rings is 1. The third-order valence-electron chi connectivity index (χ3n) is 5.52. The van der Waals surface area contributed by atoms with Crippen molar-refractivity contribution in [3.63, 3.8) is 0 Å². The Morgan fingerprint density at radius 2 is 1.96 bits per heavy atom. The molecule has 0 amide bonds. The zero-order chi connectivity index (χ0) is 18.9. The van der Waals surface area contributed by atoms with Gasteiger partial charge in [-0.3, -0.25) is 19.2 Å². The molecule has 1 fully saturated rings. The Bertz CT molecular complexity index is 1060. The Morgan fingerprint density at radius 3 is 2.79 bits per heavy atom. The zero-order valence-corrected chi connectivity index (χ0v) is 15.9. The van der Waals surface area contributed by atoms with Gasteiger partial charge in [-0.1, -0.05) is 6.07 Å². The molecule has 0 radical (unpaired) electrons. The monoisotopic (exact) mass is 373 g/mol. The molecule has 5 rings (SSSR count). The van der Waals surface area contributed by atoms with Crippen molar-refractivity contribution >= 4 is 5.65 Å². The molecule has 0 saturated carbocycles. The van der Waals surface area contributed by atoms with Gasteiger partial charge in [-0.15, -0.1) is 0 Å². The van der Waals surface area contributed by atoms with Crippen molar-refractivity contribution in [1.29, 1.82) is 0 Å². The van der Waals surface area contributed by atoms with Crippen molar-refractivity contribution in [3.8, 4) is 11.3 Å². The van der Waals surface area contributed by atoms with Crippen LogP contribution in [-0.2, 0) is 6.54 Å². The van der Waals surface area contributed by atoms with Crippen LogP contribution in [0.3, 0.4) is 0 Å². The number of rotatable bonds is 4. The molecule has 6 heteroatoms. The van der Waals surface area contributed by atoms with Gasteiger partial charge in [-0.2, -0.15) is 0 Å². The lowest BCUT2D eigenvalue weighted by Crippen LogP contribution is -2.46. The van der Waals surface area contributed by atoms with E-state index in [1.165, 1.54) is 0 Å². The van der Waals surface area contributed by atoms with Crippen LogP contribution >= 0.6 is 0 Å². The Balaban J connectivity index is 1.46. The maximum atomic E-state index is 5.54. The first-order chi connectivity index (χ1) is 13.8. The molecule has 142 valence electrons. The molecule has 4 aromatic heterocycles. The number of aromatic nitrogens is 3. The summed E-state index contributed by atoms with van der Waals surface area (Å²) in [7, 11) is 2.18. The predicted molar refractivity (Wildman–Crippen MR) is 108 cm³/mol. The van der Waals surface area contributed by atoms with Crippen molar-refractivity contribution in [1.82, 2.24) is 24.2 Å². The molecule has 1 aliphatic heterocycles. The van der Waals surface area contributed by atoms with Gasteiger partial charge < -0.3 is 4.42 Å². The first-order valence-corrected chi connectivity index (χ1v) is 9.61. The van der Waals surface area contributed by atoms with Gasteiger partial charge in [0, 0.05) is 43.8 Å². The van der Waals surface area contributed by atoms with Gasteiger partial charge in [0.05, 0.1) is 30.2 Å². The quantitative estimate of drug-likeness (QED) is 0.548. The van der Waals surface area contributed by atoms with Crippen LogP contribution in [0.1, 0.15) is 17.5 Å². The summed E-state index contributed by atoms with van der Waals surface area (Å²) in [6.45, 7) is 3.82. The van der Waals surface area contributed by atoms with E-state index in [9.17, 15) is 0 Å². The van der Waals surface area contributed by atoms with Crippen LogP contribution in [0.15, 0.2) is 71.7 Å². The van der Waals surface area contributed by atoms with Crippen LogP contribution in [0.2, 0.25) is 0 Å². The van der Waals surface area contributed by atoms with Gasteiger partial charge in [0.1, 0.15) is 11.4 Å². The summed E-state index contributed by atoms with van der Waals surface area (Å²) >= 11 is 0. The number of fused-ring (bicyclic) bond motifs is 1. The number of furan rings is 1. The lowest BCUT2D eigenvalue weighted by molar-refractivity contribution is 0.0836. The average molecular weight is 373 g/mol. The molecule has 4 aromatic rings. The molecule has 1 unspecified atom stereocenters. The minimum absolute atomic E-state index is 0.258. The molecular formula is C22H23N5O. The van der Waals surface area contributed by atoms with Crippen LogP contribution in [0.4, 0.5) is 0 Å². The van der Waals surface area contributed by atoms with Crippen LogP contribution in [0.5, 0.6) is 0 Å². The lowest BCUT2D eigenvalue weighted by atomic mass is 10.1. The summed E-state index contributed by atoms with van der Waals surface area (Å²) < 4.78 is 7.72. The SMILES string of the molecule is CN1CCN(Cc2ccco2)CC1c1cn2c(-c3ccncc3)cccc2n1. The molecule has 0 bridgehead atoms. The van der Waals surface area contributed by atoms with Crippen molar-refractivity contribution < 1.29 is 4.42 Å². The maximum absolute atomic E-state index is 5.54. The van der Waals surface area contributed by atoms with Crippen LogP contribution in [-0.4, -0.2) is 50.9 Å². The van der Waals surface area contributed by atoms with Gasteiger partial charge in [0.15, 0.2) is 0 Å². The van der Waals surface area contributed by atoms with E-state index in [0.717, 1.165) is 54.5 Å². The molecule has 1 atom stereocenters. The van der Waals surface area contributed by atoms with Gasteiger partial charge in [0.25, 0.3) is 0 Å². The maximum Gasteiger partial charge on any atom is 0.137 e. The van der Waals surface area contributed by atoms with E-state index in [4.69, 9.17) is 9.40 Å². The third-order valence-corrected chi connectivity index (χ3v) is 5.52. The number of hydrogen-bond donors (Lipinski definition) is 0. The Kier molecular flexibility index (Phi) is 4.43. The summed E-state index contributed by atoms with van der Waals surface area (Å²) in [4.78, 5) is 13.9. The summed E-state index contributed by atoms with van der Waals surface area (Å²) in [5, 5.41) is 0. The smallest absolute Gasteiger partial charge is 0.137 e.